The van der Waals surface area contributed by atoms with Gasteiger partial charge in [0.15, 0.2) is 0 Å². The van der Waals surface area contributed by atoms with E-state index < -0.39 is 0 Å². The van der Waals surface area contributed by atoms with Crippen molar-refractivity contribution in [3.63, 3.8) is 0 Å². The molecular formula is C17H29Cl2N3O. The fourth-order valence-electron chi connectivity index (χ4n) is 3.03. The van der Waals surface area contributed by atoms with E-state index in [1.807, 2.05) is 31.0 Å². The molecule has 0 aliphatic carbocycles. The van der Waals surface area contributed by atoms with Crippen molar-refractivity contribution in [1.82, 2.24) is 9.80 Å². The number of hydrogen-bond donors (Lipinski definition) is 1. The first kappa shape index (κ1) is 22.0. The topological polar surface area (TPSA) is 49.6 Å². The summed E-state index contributed by atoms with van der Waals surface area (Å²) in [6.07, 6.45) is 4.89. The molecule has 0 bridgehead atoms. The van der Waals surface area contributed by atoms with Gasteiger partial charge in [-0.15, -0.1) is 24.8 Å². The molecule has 0 saturated carbocycles. The van der Waals surface area contributed by atoms with Gasteiger partial charge in [0, 0.05) is 30.9 Å². The van der Waals surface area contributed by atoms with Gasteiger partial charge in [-0.2, -0.15) is 0 Å². The van der Waals surface area contributed by atoms with E-state index in [4.69, 9.17) is 5.73 Å². The molecule has 1 atom stereocenters. The number of piperidine rings is 1. The second kappa shape index (κ2) is 10.0. The van der Waals surface area contributed by atoms with Crippen molar-refractivity contribution in [2.24, 2.45) is 0 Å². The Hall–Kier alpha value is -0.970. The van der Waals surface area contributed by atoms with Crippen LogP contribution in [0, 0.1) is 6.92 Å². The normalized spacial score (nSPS) is 17.8. The maximum atomic E-state index is 12.5. The first-order chi connectivity index (χ1) is 9.99. The molecule has 1 amide bonds. The number of benzene rings is 1. The molecule has 2 N–H and O–H groups in total. The highest BCUT2D eigenvalue weighted by Crippen LogP contribution is 2.19. The summed E-state index contributed by atoms with van der Waals surface area (Å²) in [5.41, 5.74) is 8.14. The highest BCUT2D eigenvalue weighted by Gasteiger charge is 2.21. The fraction of sp³-hybridized carbons (Fsp3) is 0.588. The average Bonchev–Trinajstić information content (AvgIpc) is 2.48. The summed E-state index contributed by atoms with van der Waals surface area (Å²) in [4.78, 5) is 16.8. The number of nitrogen functional groups attached to an aromatic ring is 1. The van der Waals surface area contributed by atoms with Crippen molar-refractivity contribution in [3.05, 3.63) is 29.3 Å². The van der Waals surface area contributed by atoms with E-state index in [2.05, 4.69) is 11.9 Å². The highest BCUT2D eigenvalue weighted by atomic mass is 35.5. The summed E-state index contributed by atoms with van der Waals surface area (Å²) in [5, 5.41) is 0. The van der Waals surface area contributed by atoms with Gasteiger partial charge in [0.2, 0.25) is 0 Å². The van der Waals surface area contributed by atoms with Gasteiger partial charge in [-0.25, -0.2) is 0 Å². The maximum absolute atomic E-state index is 12.5. The van der Waals surface area contributed by atoms with Crippen molar-refractivity contribution in [3.8, 4) is 0 Å². The Kier molecular flexibility index (Phi) is 9.59. The van der Waals surface area contributed by atoms with Crippen LogP contribution >= 0.6 is 24.8 Å². The van der Waals surface area contributed by atoms with Crippen LogP contribution < -0.4 is 5.73 Å². The van der Waals surface area contributed by atoms with Crippen LogP contribution in [0.5, 0.6) is 0 Å². The number of nitrogens with zero attached hydrogens (tertiary/aromatic N) is 2. The van der Waals surface area contributed by atoms with Gasteiger partial charge in [0.05, 0.1) is 0 Å². The van der Waals surface area contributed by atoms with Gasteiger partial charge in [-0.3, -0.25) is 4.79 Å². The van der Waals surface area contributed by atoms with E-state index >= 15 is 0 Å². The fourth-order valence-corrected chi connectivity index (χ4v) is 3.03. The highest BCUT2D eigenvalue weighted by molar-refractivity contribution is 5.96. The molecule has 132 valence electrons. The van der Waals surface area contributed by atoms with Crippen LogP contribution in [0.1, 0.15) is 41.6 Å². The number of hydrogen-bond acceptors (Lipinski definition) is 3. The largest absolute Gasteiger partial charge is 0.399 e. The summed E-state index contributed by atoms with van der Waals surface area (Å²) in [5.74, 6) is 0.0678. The van der Waals surface area contributed by atoms with Gasteiger partial charge >= 0.3 is 0 Å². The zero-order valence-corrected chi connectivity index (χ0v) is 15.9. The quantitative estimate of drug-likeness (QED) is 0.836. The molecule has 1 saturated heterocycles. The van der Waals surface area contributed by atoms with Crippen molar-refractivity contribution >= 4 is 36.4 Å². The van der Waals surface area contributed by atoms with E-state index in [-0.39, 0.29) is 30.7 Å². The molecule has 0 spiro atoms. The van der Waals surface area contributed by atoms with Crippen LogP contribution in [0.15, 0.2) is 18.2 Å². The SMILES string of the molecule is Cc1ccc(N)cc1C(=O)N(C)CCC1CCCCN1C.Cl.Cl. The zero-order chi connectivity index (χ0) is 15.4. The van der Waals surface area contributed by atoms with E-state index in [0.717, 1.165) is 24.1 Å². The summed E-state index contributed by atoms with van der Waals surface area (Å²) in [6.45, 7) is 3.92. The second-order valence-electron chi connectivity index (χ2n) is 6.22. The van der Waals surface area contributed by atoms with Gasteiger partial charge in [0.25, 0.3) is 5.91 Å². The molecule has 1 unspecified atom stereocenters. The minimum absolute atomic E-state index is 0. The van der Waals surface area contributed by atoms with Crippen molar-refractivity contribution in [2.45, 2.75) is 38.6 Å². The van der Waals surface area contributed by atoms with E-state index in [0.29, 0.717) is 11.7 Å². The van der Waals surface area contributed by atoms with E-state index in [1.54, 1.807) is 6.07 Å². The predicted octanol–water partition coefficient (Wildman–Crippen LogP) is 3.37. The molecule has 1 fully saturated rings. The molecule has 6 heteroatoms. The minimum Gasteiger partial charge on any atom is -0.399 e. The number of anilines is 1. The summed E-state index contributed by atoms with van der Waals surface area (Å²) < 4.78 is 0. The molecule has 1 aliphatic rings. The second-order valence-corrected chi connectivity index (χ2v) is 6.22. The molecule has 1 aromatic rings. The lowest BCUT2D eigenvalue weighted by Gasteiger charge is -2.33. The monoisotopic (exact) mass is 361 g/mol. The van der Waals surface area contributed by atoms with Gasteiger partial charge < -0.3 is 15.5 Å². The molecule has 4 nitrogen and oxygen atoms in total. The molecule has 0 aromatic heterocycles. The Morgan fingerprint density at radius 1 is 1.35 bits per heavy atom. The number of carbonyl (C=O) groups is 1. The number of carbonyl (C=O) groups excluding carboxylic acids is 1. The number of likely N-dealkylation sites (tertiary alicyclic amines) is 1. The Balaban J connectivity index is 0.00000242. The maximum Gasteiger partial charge on any atom is 0.253 e. The molecule has 0 radical (unpaired) electrons. The van der Waals surface area contributed by atoms with Crippen LogP contribution in [0.2, 0.25) is 0 Å². The number of aryl methyl sites for hydroxylation is 1. The summed E-state index contributed by atoms with van der Waals surface area (Å²) in [7, 11) is 4.07. The lowest BCUT2D eigenvalue weighted by molar-refractivity contribution is 0.0770. The molecule has 1 aliphatic heterocycles. The number of rotatable bonds is 4. The van der Waals surface area contributed by atoms with Crippen LogP contribution in [0.25, 0.3) is 0 Å². The Labute approximate surface area is 152 Å². The number of halogens is 2. The van der Waals surface area contributed by atoms with Crippen molar-refractivity contribution in [1.29, 1.82) is 0 Å². The summed E-state index contributed by atoms with van der Waals surface area (Å²) in [6, 6.07) is 6.13. The molecule has 1 heterocycles. The average molecular weight is 362 g/mol. The number of amides is 1. The van der Waals surface area contributed by atoms with Crippen LogP contribution in [0.4, 0.5) is 5.69 Å². The Morgan fingerprint density at radius 3 is 2.70 bits per heavy atom. The lowest BCUT2D eigenvalue weighted by atomic mass is 10.00. The lowest BCUT2D eigenvalue weighted by Crippen LogP contribution is -2.39. The third kappa shape index (κ3) is 5.87. The Bertz CT molecular complexity index is 511. The smallest absolute Gasteiger partial charge is 0.253 e. The predicted molar refractivity (Wildman–Crippen MR) is 102 cm³/mol. The summed E-state index contributed by atoms with van der Waals surface area (Å²) >= 11 is 0. The van der Waals surface area contributed by atoms with E-state index in [9.17, 15) is 4.79 Å². The van der Waals surface area contributed by atoms with Crippen molar-refractivity contribution < 1.29 is 4.79 Å². The first-order valence-corrected chi connectivity index (χ1v) is 7.81. The van der Waals surface area contributed by atoms with Crippen LogP contribution in [0.3, 0.4) is 0 Å². The molecule has 23 heavy (non-hydrogen) atoms. The van der Waals surface area contributed by atoms with Crippen molar-refractivity contribution in [2.75, 3.05) is 32.9 Å². The Morgan fingerprint density at radius 2 is 2.04 bits per heavy atom. The molecule has 2 rings (SSSR count). The van der Waals surface area contributed by atoms with Crippen LogP contribution in [-0.2, 0) is 0 Å². The third-order valence-electron chi connectivity index (χ3n) is 4.56. The zero-order valence-electron chi connectivity index (χ0n) is 14.2. The van der Waals surface area contributed by atoms with E-state index in [1.165, 1.54) is 25.8 Å². The first-order valence-electron chi connectivity index (χ1n) is 7.81. The standard InChI is InChI=1S/C17H27N3O.2ClH/c1-13-7-8-14(18)12-16(13)17(21)20(3)11-9-15-6-4-5-10-19(15)2;;/h7-8,12,15H,4-6,9-11,18H2,1-3H3;2*1H. The minimum atomic E-state index is 0. The molecule has 1 aromatic carbocycles. The van der Waals surface area contributed by atoms with Gasteiger partial charge in [-0.1, -0.05) is 12.5 Å². The third-order valence-corrected chi connectivity index (χ3v) is 4.56. The van der Waals surface area contributed by atoms with Crippen LogP contribution in [-0.4, -0.2) is 48.9 Å². The van der Waals surface area contributed by atoms with Gasteiger partial charge in [0.1, 0.15) is 0 Å². The van der Waals surface area contributed by atoms with Gasteiger partial charge in [-0.05, 0) is 57.5 Å². The molecular weight excluding hydrogens is 333 g/mol. The number of nitrogens with two attached hydrogens (primary N) is 1.